The zero-order valence-corrected chi connectivity index (χ0v) is 11.7. The number of ether oxygens (including phenoxy) is 3. The summed E-state index contributed by atoms with van der Waals surface area (Å²) in [5, 5.41) is 3.51. The van der Waals surface area contributed by atoms with Crippen LogP contribution in [0.4, 0.5) is 0 Å². The van der Waals surface area contributed by atoms with Gasteiger partial charge >= 0.3 is 0 Å². The third-order valence-corrected chi connectivity index (χ3v) is 3.18. The number of rotatable bonds is 6. The monoisotopic (exact) mass is 279 g/mol. The lowest BCUT2D eigenvalue weighted by Crippen LogP contribution is -2.38. The minimum atomic E-state index is 0.611. The Morgan fingerprint density at radius 2 is 2.15 bits per heavy atom. The first-order chi connectivity index (χ1) is 9.83. The third-order valence-electron chi connectivity index (χ3n) is 3.18. The molecule has 0 amide bonds. The van der Waals surface area contributed by atoms with Crippen molar-refractivity contribution >= 4 is 6.21 Å². The lowest BCUT2D eigenvalue weighted by atomic mass is 10.2. The molecule has 1 aromatic carbocycles. The molecule has 1 aromatic rings. The van der Waals surface area contributed by atoms with E-state index in [9.17, 15) is 0 Å². The molecule has 1 saturated heterocycles. The summed E-state index contributed by atoms with van der Waals surface area (Å²) in [6.07, 6.45) is 1.58. The SMILES string of the molecule is COc1ccc(C=NN)cc1OCCN1CCOCC1. The number of hydrazone groups is 1. The fourth-order valence-electron chi connectivity index (χ4n) is 2.08. The van der Waals surface area contributed by atoms with Crippen LogP contribution in [0.15, 0.2) is 23.3 Å². The lowest BCUT2D eigenvalue weighted by Gasteiger charge is -2.26. The highest BCUT2D eigenvalue weighted by Gasteiger charge is 2.11. The van der Waals surface area contributed by atoms with Crippen LogP contribution in [0.2, 0.25) is 0 Å². The molecule has 0 aromatic heterocycles. The smallest absolute Gasteiger partial charge is 0.161 e. The van der Waals surface area contributed by atoms with Crippen LogP contribution in [0.25, 0.3) is 0 Å². The summed E-state index contributed by atoms with van der Waals surface area (Å²) in [4.78, 5) is 2.32. The number of hydrogen-bond donors (Lipinski definition) is 1. The molecule has 1 aliphatic heterocycles. The molecule has 2 N–H and O–H groups in total. The van der Waals surface area contributed by atoms with Crippen LogP contribution >= 0.6 is 0 Å². The molecule has 1 fully saturated rings. The number of methoxy groups -OCH3 is 1. The van der Waals surface area contributed by atoms with Crippen LogP contribution in [0.3, 0.4) is 0 Å². The van der Waals surface area contributed by atoms with Crippen LogP contribution in [-0.4, -0.2) is 57.7 Å². The van der Waals surface area contributed by atoms with Crippen LogP contribution in [0, 0.1) is 0 Å². The van der Waals surface area contributed by atoms with Gasteiger partial charge in [-0.1, -0.05) is 0 Å². The molecule has 0 atom stereocenters. The quantitative estimate of drug-likeness (QED) is 0.471. The highest BCUT2D eigenvalue weighted by Crippen LogP contribution is 2.27. The fraction of sp³-hybridized carbons (Fsp3) is 0.500. The van der Waals surface area contributed by atoms with E-state index in [0.717, 1.165) is 38.4 Å². The Morgan fingerprint density at radius 3 is 2.85 bits per heavy atom. The van der Waals surface area contributed by atoms with E-state index >= 15 is 0 Å². The normalized spacial score (nSPS) is 16.4. The van der Waals surface area contributed by atoms with Crippen LogP contribution in [0.1, 0.15) is 5.56 Å². The molecule has 0 bridgehead atoms. The van der Waals surface area contributed by atoms with Gasteiger partial charge in [0.1, 0.15) is 6.61 Å². The molecule has 6 heteroatoms. The van der Waals surface area contributed by atoms with E-state index < -0.39 is 0 Å². The van der Waals surface area contributed by atoms with Gasteiger partial charge in [-0.15, -0.1) is 0 Å². The second kappa shape index (κ2) is 7.72. The number of morpholine rings is 1. The first-order valence-electron chi connectivity index (χ1n) is 6.67. The van der Waals surface area contributed by atoms with E-state index in [4.69, 9.17) is 20.1 Å². The van der Waals surface area contributed by atoms with Crippen molar-refractivity contribution < 1.29 is 14.2 Å². The largest absolute Gasteiger partial charge is 0.493 e. The molecule has 2 rings (SSSR count). The van der Waals surface area contributed by atoms with Gasteiger partial charge in [0.05, 0.1) is 26.5 Å². The van der Waals surface area contributed by atoms with Crippen LogP contribution in [0.5, 0.6) is 11.5 Å². The Balaban J connectivity index is 1.91. The summed E-state index contributed by atoms with van der Waals surface area (Å²) in [5.41, 5.74) is 0.884. The molecule has 0 saturated carbocycles. The molecule has 0 spiro atoms. The Labute approximate surface area is 119 Å². The average Bonchev–Trinajstić information content (AvgIpc) is 2.49. The molecule has 0 radical (unpaired) electrons. The van der Waals surface area contributed by atoms with Crippen molar-refractivity contribution in [3.63, 3.8) is 0 Å². The molecule has 0 aliphatic carbocycles. The summed E-state index contributed by atoms with van der Waals surface area (Å²) in [7, 11) is 1.63. The maximum Gasteiger partial charge on any atom is 0.161 e. The zero-order valence-electron chi connectivity index (χ0n) is 11.7. The van der Waals surface area contributed by atoms with Gasteiger partial charge in [-0.2, -0.15) is 5.10 Å². The van der Waals surface area contributed by atoms with E-state index in [-0.39, 0.29) is 0 Å². The van der Waals surface area contributed by atoms with Gasteiger partial charge in [-0.3, -0.25) is 4.90 Å². The van der Waals surface area contributed by atoms with Crippen molar-refractivity contribution in [2.45, 2.75) is 0 Å². The van der Waals surface area contributed by atoms with Gasteiger partial charge in [-0.25, -0.2) is 0 Å². The first kappa shape index (κ1) is 14.6. The van der Waals surface area contributed by atoms with Gasteiger partial charge in [0.15, 0.2) is 11.5 Å². The minimum absolute atomic E-state index is 0.611. The molecule has 110 valence electrons. The van der Waals surface area contributed by atoms with Gasteiger partial charge in [0, 0.05) is 19.6 Å². The second-order valence-electron chi connectivity index (χ2n) is 4.49. The molecular weight excluding hydrogens is 258 g/mol. The standard InChI is InChI=1S/C14H21N3O3/c1-18-13-3-2-12(11-16-15)10-14(13)20-9-6-17-4-7-19-8-5-17/h2-3,10-11H,4-9,15H2,1H3. The third kappa shape index (κ3) is 4.11. The van der Waals surface area contributed by atoms with Crippen LogP contribution < -0.4 is 15.3 Å². The van der Waals surface area contributed by atoms with Gasteiger partial charge in [0.2, 0.25) is 0 Å². The molecule has 0 unspecified atom stereocenters. The predicted molar refractivity (Wildman–Crippen MR) is 77.5 cm³/mol. The Morgan fingerprint density at radius 1 is 1.35 bits per heavy atom. The van der Waals surface area contributed by atoms with Crippen molar-refractivity contribution in [2.24, 2.45) is 10.9 Å². The Kier molecular flexibility index (Phi) is 5.64. The fourth-order valence-corrected chi connectivity index (χ4v) is 2.08. The summed E-state index contributed by atoms with van der Waals surface area (Å²) in [6, 6.07) is 5.60. The van der Waals surface area contributed by atoms with Crippen molar-refractivity contribution in [1.29, 1.82) is 0 Å². The maximum atomic E-state index is 5.81. The topological polar surface area (TPSA) is 69.3 Å². The lowest BCUT2D eigenvalue weighted by molar-refractivity contribution is 0.0321. The highest BCUT2D eigenvalue weighted by molar-refractivity contribution is 5.80. The number of benzene rings is 1. The molecular formula is C14H21N3O3. The number of hydrogen-bond acceptors (Lipinski definition) is 6. The number of nitrogens with two attached hydrogens (primary N) is 1. The van der Waals surface area contributed by atoms with Gasteiger partial charge in [-0.05, 0) is 23.8 Å². The van der Waals surface area contributed by atoms with Gasteiger partial charge in [0.25, 0.3) is 0 Å². The van der Waals surface area contributed by atoms with E-state index in [2.05, 4.69) is 10.0 Å². The maximum absolute atomic E-state index is 5.81. The summed E-state index contributed by atoms with van der Waals surface area (Å²) in [5.74, 6) is 6.57. The molecule has 1 aliphatic rings. The predicted octanol–water partition coefficient (Wildman–Crippen LogP) is 0.699. The van der Waals surface area contributed by atoms with Gasteiger partial charge < -0.3 is 20.1 Å². The van der Waals surface area contributed by atoms with Crippen molar-refractivity contribution in [1.82, 2.24) is 4.90 Å². The summed E-state index contributed by atoms with van der Waals surface area (Å²) < 4.78 is 16.4. The van der Waals surface area contributed by atoms with Crippen molar-refractivity contribution in [3.8, 4) is 11.5 Å². The molecule has 6 nitrogen and oxygen atoms in total. The van der Waals surface area contributed by atoms with E-state index in [1.807, 2.05) is 18.2 Å². The van der Waals surface area contributed by atoms with Crippen molar-refractivity contribution in [3.05, 3.63) is 23.8 Å². The zero-order chi connectivity index (χ0) is 14.2. The average molecular weight is 279 g/mol. The minimum Gasteiger partial charge on any atom is -0.493 e. The van der Waals surface area contributed by atoms with Crippen LogP contribution in [-0.2, 0) is 4.74 Å². The summed E-state index contributed by atoms with van der Waals surface area (Å²) in [6.45, 7) is 5.00. The van der Waals surface area contributed by atoms with E-state index in [0.29, 0.717) is 18.1 Å². The Bertz CT molecular complexity index is 445. The molecule has 20 heavy (non-hydrogen) atoms. The summed E-state index contributed by atoms with van der Waals surface area (Å²) >= 11 is 0. The number of nitrogens with zero attached hydrogens (tertiary/aromatic N) is 2. The second-order valence-corrected chi connectivity index (χ2v) is 4.49. The van der Waals surface area contributed by atoms with E-state index in [1.54, 1.807) is 13.3 Å². The van der Waals surface area contributed by atoms with E-state index in [1.165, 1.54) is 0 Å². The Hall–Kier alpha value is -1.79. The highest BCUT2D eigenvalue weighted by atomic mass is 16.5. The van der Waals surface area contributed by atoms with Crippen molar-refractivity contribution in [2.75, 3.05) is 46.6 Å². The first-order valence-corrected chi connectivity index (χ1v) is 6.67. The molecule has 1 heterocycles.